The molecule has 0 aliphatic rings. The molecule has 0 radical (unpaired) electrons. The van der Waals surface area contributed by atoms with E-state index in [1.54, 1.807) is 6.07 Å². The van der Waals surface area contributed by atoms with Crippen LogP contribution in [0, 0.1) is 0 Å². The van der Waals surface area contributed by atoms with Gasteiger partial charge in [-0.05, 0) is 12.1 Å². The number of halogens is 1. The highest BCUT2D eigenvalue weighted by Crippen LogP contribution is 2.16. The highest BCUT2D eigenvalue weighted by molar-refractivity contribution is 7.13. The summed E-state index contributed by atoms with van der Waals surface area (Å²) in [6, 6.07) is 3.55. The van der Waals surface area contributed by atoms with Crippen LogP contribution in [0.2, 0.25) is 0 Å². The van der Waals surface area contributed by atoms with Crippen molar-refractivity contribution in [1.29, 1.82) is 0 Å². The average molecular weight is 208 g/mol. The number of carbonyl (C=O) groups is 1. The van der Waals surface area contributed by atoms with Crippen molar-refractivity contribution in [2.45, 2.75) is 6.54 Å². The van der Waals surface area contributed by atoms with Crippen molar-refractivity contribution < 1.29 is 9.53 Å². The predicted octanol–water partition coefficient (Wildman–Crippen LogP) is 1.42. The van der Waals surface area contributed by atoms with Gasteiger partial charge in [0.05, 0.1) is 7.11 Å². The molecule has 0 aromatic carbocycles. The molecule has 3 nitrogen and oxygen atoms in total. The largest absolute Gasteiger partial charge is 0.465 e. The number of methoxy groups -OCH3 is 1. The summed E-state index contributed by atoms with van der Waals surface area (Å²) in [5, 5.41) is 0. The zero-order valence-corrected chi connectivity index (χ0v) is 8.21. The third-order valence-corrected chi connectivity index (χ3v) is 2.34. The molecule has 0 aliphatic heterocycles. The average Bonchev–Trinajstić information content (AvgIpc) is 2.50. The van der Waals surface area contributed by atoms with E-state index >= 15 is 0 Å². The highest BCUT2D eigenvalue weighted by atomic mass is 35.5. The normalized spacial score (nSPS) is 8.83. The van der Waals surface area contributed by atoms with Gasteiger partial charge < -0.3 is 10.5 Å². The minimum absolute atomic E-state index is 0. The van der Waals surface area contributed by atoms with E-state index in [0.29, 0.717) is 11.4 Å². The molecular formula is C7H10ClNO2S. The molecule has 1 aromatic rings. The minimum atomic E-state index is -0.297. The van der Waals surface area contributed by atoms with E-state index in [0.717, 1.165) is 4.88 Å². The SMILES string of the molecule is COC(=O)c1ccc(CN)s1.Cl. The third kappa shape index (κ3) is 2.48. The Morgan fingerprint density at radius 3 is 2.75 bits per heavy atom. The fraction of sp³-hybridized carbons (Fsp3) is 0.286. The summed E-state index contributed by atoms with van der Waals surface area (Å²) in [6.07, 6.45) is 0. The Morgan fingerprint density at radius 2 is 2.33 bits per heavy atom. The third-order valence-electron chi connectivity index (χ3n) is 1.25. The number of ether oxygens (including phenoxy) is 1. The Morgan fingerprint density at radius 1 is 1.67 bits per heavy atom. The molecule has 0 amide bonds. The second-order valence-corrected chi connectivity index (χ2v) is 3.13. The van der Waals surface area contributed by atoms with Crippen molar-refractivity contribution in [2.24, 2.45) is 5.73 Å². The molecule has 0 bridgehead atoms. The number of thiophene rings is 1. The van der Waals surface area contributed by atoms with Gasteiger partial charge in [-0.2, -0.15) is 0 Å². The fourth-order valence-corrected chi connectivity index (χ4v) is 1.50. The molecule has 12 heavy (non-hydrogen) atoms. The molecule has 0 atom stereocenters. The number of esters is 1. The van der Waals surface area contributed by atoms with Crippen LogP contribution in [0.3, 0.4) is 0 Å². The number of nitrogens with two attached hydrogens (primary N) is 1. The van der Waals surface area contributed by atoms with Gasteiger partial charge in [-0.1, -0.05) is 0 Å². The molecule has 0 unspecified atom stereocenters. The molecule has 5 heteroatoms. The number of carbonyl (C=O) groups excluding carboxylic acids is 1. The summed E-state index contributed by atoms with van der Waals surface area (Å²) < 4.78 is 4.52. The van der Waals surface area contributed by atoms with Gasteiger partial charge in [0.2, 0.25) is 0 Å². The van der Waals surface area contributed by atoms with Gasteiger partial charge in [-0.25, -0.2) is 4.79 Å². The summed E-state index contributed by atoms with van der Waals surface area (Å²) >= 11 is 1.37. The van der Waals surface area contributed by atoms with Crippen LogP contribution in [-0.2, 0) is 11.3 Å². The van der Waals surface area contributed by atoms with Crippen molar-refractivity contribution in [2.75, 3.05) is 7.11 Å². The maximum absolute atomic E-state index is 10.9. The lowest BCUT2D eigenvalue weighted by Gasteiger charge is -1.91. The number of rotatable bonds is 2. The van der Waals surface area contributed by atoms with Gasteiger partial charge in [0.25, 0.3) is 0 Å². The van der Waals surface area contributed by atoms with Crippen LogP contribution in [0.15, 0.2) is 12.1 Å². The zero-order valence-electron chi connectivity index (χ0n) is 6.57. The van der Waals surface area contributed by atoms with Crippen LogP contribution in [0.1, 0.15) is 14.5 Å². The summed E-state index contributed by atoms with van der Waals surface area (Å²) in [7, 11) is 1.37. The summed E-state index contributed by atoms with van der Waals surface area (Å²) in [4.78, 5) is 12.5. The first-order chi connectivity index (χ1) is 5.27. The van der Waals surface area contributed by atoms with Crippen molar-refractivity contribution in [3.63, 3.8) is 0 Å². The van der Waals surface area contributed by atoms with Gasteiger partial charge in [0.1, 0.15) is 4.88 Å². The second kappa shape index (κ2) is 5.13. The Balaban J connectivity index is 0.00000121. The molecule has 0 saturated heterocycles. The lowest BCUT2D eigenvalue weighted by Crippen LogP contribution is -1.97. The minimum Gasteiger partial charge on any atom is -0.465 e. The van der Waals surface area contributed by atoms with Crippen LogP contribution >= 0.6 is 23.7 Å². The molecule has 0 fully saturated rings. The molecule has 1 rings (SSSR count). The van der Waals surface area contributed by atoms with Crippen LogP contribution in [-0.4, -0.2) is 13.1 Å². The molecule has 1 heterocycles. The van der Waals surface area contributed by atoms with Crippen LogP contribution < -0.4 is 5.73 Å². The van der Waals surface area contributed by atoms with Gasteiger partial charge in [0.15, 0.2) is 0 Å². The lowest BCUT2D eigenvalue weighted by molar-refractivity contribution is 0.0606. The summed E-state index contributed by atoms with van der Waals surface area (Å²) in [5.74, 6) is -0.297. The molecule has 2 N–H and O–H groups in total. The van der Waals surface area contributed by atoms with Crippen LogP contribution in [0.5, 0.6) is 0 Å². The molecule has 68 valence electrons. The standard InChI is InChI=1S/C7H9NO2S.ClH/c1-10-7(9)6-3-2-5(4-8)11-6;/h2-3H,4,8H2,1H3;1H. The lowest BCUT2D eigenvalue weighted by atomic mass is 10.4. The molecule has 1 aromatic heterocycles. The zero-order chi connectivity index (χ0) is 8.27. The highest BCUT2D eigenvalue weighted by Gasteiger charge is 2.07. The quantitative estimate of drug-likeness (QED) is 0.747. The molecule has 0 spiro atoms. The monoisotopic (exact) mass is 207 g/mol. The van der Waals surface area contributed by atoms with E-state index in [9.17, 15) is 4.79 Å². The van der Waals surface area contributed by atoms with Crippen LogP contribution in [0.4, 0.5) is 0 Å². The predicted molar refractivity (Wildman–Crippen MR) is 50.8 cm³/mol. The van der Waals surface area contributed by atoms with E-state index in [-0.39, 0.29) is 18.4 Å². The Labute approximate surface area is 80.9 Å². The topological polar surface area (TPSA) is 52.3 Å². The Hall–Kier alpha value is -0.580. The van der Waals surface area contributed by atoms with Gasteiger partial charge >= 0.3 is 5.97 Å². The van der Waals surface area contributed by atoms with Crippen LogP contribution in [0.25, 0.3) is 0 Å². The Bertz CT molecular complexity index is 262. The first-order valence-corrected chi connectivity index (χ1v) is 3.96. The number of hydrogen-bond acceptors (Lipinski definition) is 4. The molecular weight excluding hydrogens is 198 g/mol. The van der Waals surface area contributed by atoms with E-state index in [1.165, 1.54) is 18.4 Å². The number of hydrogen-bond donors (Lipinski definition) is 1. The van der Waals surface area contributed by atoms with E-state index in [1.807, 2.05) is 6.07 Å². The molecule has 0 aliphatic carbocycles. The van der Waals surface area contributed by atoms with E-state index in [2.05, 4.69) is 4.74 Å². The van der Waals surface area contributed by atoms with Gasteiger partial charge in [0, 0.05) is 11.4 Å². The molecule has 0 saturated carbocycles. The smallest absolute Gasteiger partial charge is 0.348 e. The van der Waals surface area contributed by atoms with E-state index < -0.39 is 0 Å². The van der Waals surface area contributed by atoms with Gasteiger partial charge in [-0.15, -0.1) is 23.7 Å². The maximum atomic E-state index is 10.9. The van der Waals surface area contributed by atoms with E-state index in [4.69, 9.17) is 5.73 Å². The summed E-state index contributed by atoms with van der Waals surface area (Å²) in [5.41, 5.74) is 5.36. The fourth-order valence-electron chi connectivity index (χ4n) is 0.698. The van der Waals surface area contributed by atoms with Crippen molar-refractivity contribution in [1.82, 2.24) is 0 Å². The first kappa shape index (κ1) is 11.4. The van der Waals surface area contributed by atoms with Gasteiger partial charge in [-0.3, -0.25) is 0 Å². The Kier molecular flexibility index (Phi) is 4.89. The summed E-state index contributed by atoms with van der Waals surface area (Å²) in [6.45, 7) is 0.474. The van der Waals surface area contributed by atoms with Crippen molar-refractivity contribution in [3.8, 4) is 0 Å². The maximum Gasteiger partial charge on any atom is 0.348 e. The van der Waals surface area contributed by atoms with Crippen molar-refractivity contribution in [3.05, 3.63) is 21.9 Å². The first-order valence-electron chi connectivity index (χ1n) is 3.15. The second-order valence-electron chi connectivity index (χ2n) is 1.96. The van der Waals surface area contributed by atoms with Crippen molar-refractivity contribution >= 4 is 29.7 Å².